The first-order valence-corrected chi connectivity index (χ1v) is 6.95. The third kappa shape index (κ3) is 2.28. The van der Waals surface area contributed by atoms with E-state index in [2.05, 4.69) is 15.3 Å². The fraction of sp³-hybridized carbons (Fsp3) is 0.267. The Labute approximate surface area is 130 Å². The number of aromatic nitrogens is 4. The standard InChI is InChI=1S/C15H15N5O3/c1-7-5-10-11(6-9(7)16-8(2)21)18-13-12(17-10)14(22)20(4)15(23)19(13)3/h5-6H,1-4H3,(H,16,21). The van der Waals surface area contributed by atoms with Crippen LogP contribution in [0.3, 0.4) is 0 Å². The van der Waals surface area contributed by atoms with Crippen LogP contribution in [0.15, 0.2) is 21.7 Å². The molecule has 23 heavy (non-hydrogen) atoms. The average molecular weight is 313 g/mol. The molecule has 0 fully saturated rings. The number of aryl methyl sites for hydroxylation is 2. The Morgan fingerprint density at radius 3 is 2.39 bits per heavy atom. The lowest BCUT2D eigenvalue weighted by atomic mass is 10.1. The molecule has 2 heterocycles. The molecule has 0 unspecified atom stereocenters. The lowest BCUT2D eigenvalue weighted by Crippen LogP contribution is -2.37. The Morgan fingerprint density at radius 1 is 1.09 bits per heavy atom. The van der Waals surface area contributed by atoms with E-state index >= 15 is 0 Å². The summed E-state index contributed by atoms with van der Waals surface area (Å²) in [5.74, 6) is -0.192. The minimum Gasteiger partial charge on any atom is -0.326 e. The van der Waals surface area contributed by atoms with Gasteiger partial charge in [0.15, 0.2) is 11.2 Å². The van der Waals surface area contributed by atoms with Crippen LogP contribution >= 0.6 is 0 Å². The van der Waals surface area contributed by atoms with Crippen molar-refractivity contribution >= 4 is 33.8 Å². The normalized spacial score (nSPS) is 11.1. The highest BCUT2D eigenvalue weighted by atomic mass is 16.2. The number of amides is 1. The van der Waals surface area contributed by atoms with Gasteiger partial charge in [0, 0.05) is 26.7 Å². The summed E-state index contributed by atoms with van der Waals surface area (Å²) in [4.78, 5) is 44.2. The Kier molecular flexibility index (Phi) is 3.24. The minimum absolute atomic E-state index is 0.133. The van der Waals surface area contributed by atoms with Crippen LogP contribution in [-0.2, 0) is 18.9 Å². The number of nitrogens with zero attached hydrogens (tertiary/aromatic N) is 4. The van der Waals surface area contributed by atoms with Crippen molar-refractivity contribution in [2.75, 3.05) is 5.32 Å². The predicted molar refractivity (Wildman–Crippen MR) is 86.6 cm³/mol. The summed E-state index contributed by atoms with van der Waals surface area (Å²) in [6, 6.07) is 3.43. The van der Waals surface area contributed by atoms with E-state index in [1.165, 1.54) is 25.6 Å². The van der Waals surface area contributed by atoms with Crippen LogP contribution in [0.2, 0.25) is 0 Å². The van der Waals surface area contributed by atoms with E-state index < -0.39 is 11.2 Å². The molecule has 0 aliphatic rings. The maximum Gasteiger partial charge on any atom is 0.332 e. The first kappa shape index (κ1) is 14.9. The summed E-state index contributed by atoms with van der Waals surface area (Å²) >= 11 is 0. The molecule has 118 valence electrons. The maximum atomic E-state index is 12.2. The smallest absolute Gasteiger partial charge is 0.326 e. The highest BCUT2D eigenvalue weighted by Gasteiger charge is 2.13. The van der Waals surface area contributed by atoms with Gasteiger partial charge in [-0.2, -0.15) is 0 Å². The number of fused-ring (bicyclic) bond motifs is 2. The number of rotatable bonds is 1. The van der Waals surface area contributed by atoms with E-state index in [4.69, 9.17) is 0 Å². The molecule has 8 heteroatoms. The maximum absolute atomic E-state index is 12.2. The lowest BCUT2D eigenvalue weighted by molar-refractivity contribution is -0.114. The van der Waals surface area contributed by atoms with Crippen LogP contribution in [0.1, 0.15) is 12.5 Å². The summed E-state index contributed by atoms with van der Waals surface area (Å²) in [5.41, 5.74) is 1.84. The highest BCUT2D eigenvalue weighted by Crippen LogP contribution is 2.22. The number of hydrogen-bond donors (Lipinski definition) is 1. The summed E-state index contributed by atoms with van der Waals surface area (Å²) in [6.45, 7) is 3.25. The Bertz CT molecular complexity index is 1090. The molecule has 0 radical (unpaired) electrons. The lowest BCUT2D eigenvalue weighted by Gasteiger charge is -2.10. The van der Waals surface area contributed by atoms with Crippen molar-refractivity contribution in [3.8, 4) is 0 Å². The SMILES string of the molecule is CC(=O)Nc1cc2nc3c(nc2cc1C)c(=O)n(C)c(=O)n3C. The topological polar surface area (TPSA) is 98.9 Å². The summed E-state index contributed by atoms with van der Waals surface area (Å²) in [6.07, 6.45) is 0. The van der Waals surface area contributed by atoms with E-state index in [-0.39, 0.29) is 17.1 Å². The van der Waals surface area contributed by atoms with E-state index in [9.17, 15) is 14.4 Å². The number of benzene rings is 1. The zero-order valence-corrected chi connectivity index (χ0v) is 13.2. The molecule has 0 aliphatic heterocycles. The van der Waals surface area contributed by atoms with E-state index in [0.29, 0.717) is 16.7 Å². The quantitative estimate of drug-likeness (QED) is 0.658. The number of carbonyl (C=O) groups excluding carboxylic acids is 1. The van der Waals surface area contributed by atoms with Gasteiger partial charge in [0.05, 0.1) is 11.0 Å². The zero-order chi connectivity index (χ0) is 16.9. The van der Waals surface area contributed by atoms with Gasteiger partial charge >= 0.3 is 5.69 Å². The van der Waals surface area contributed by atoms with E-state index in [1.807, 2.05) is 6.92 Å². The molecule has 3 rings (SSSR count). The van der Waals surface area contributed by atoms with Crippen LogP contribution in [0.5, 0.6) is 0 Å². The largest absolute Gasteiger partial charge is 0.332 e. The molecule has 2 aromatic heterocycles. The molecule has 0 aliphatic carbocycles. The molecule has 0 spiro atoms. The van der Waals surface area contributed by atoms with Gasteiger partial charge < -0.3 is 5.32 Å². The second-order valence-corrected chi connectivity index (χ2v) is 5.44. The number of hydrogen-bond acceptors (Lipinski definition) is 5. The van der Waals surface area contributed by atoms with Gasteiger partial charge in [-0.3, -0.25) is 18.7 Å². The van der Waals surface area contributed by atoms with Gasteiger partial charge in [0.2, 0.25) is 5.91 Å². The first-order valence-electron chi connectivity index (χ1n) is 6.95. The van der Waals surface area contributed by atoms with Crippen molar-refractivity contribution in [3.05, 3.63) is 38.5 Å². The number of anilines is 1. The number of carbonyl (C=O) groups is 1. The van der Waals surface area contributed by atoms with Crippen LogP contribution in [0.4, 0.5) is 5.69 Å². The van der Waals surface area contributed by atoms with Crippen LogP contribution in [-0.4, -0.2) is 25.0 Å². The second kappa shape index (κ2) is 5.01. The van der Waals surface area contributed by atoms with Gasteiger partial charge in [-0.25, -0.2) is 14.8 Å². The van der Waals surface area contributed by atoms with Crippen molar-refractivity contribution in [3.63, 3.8) is 0 Å². The van der Waals surface area contributed by atoms with Crippen molar-refractivity contribution < 1.29 is 4.79 Å². The molecule has 1 amide bonds. The molecular formula is C15H15N5O3. The molecule has 0 saturated carbocycles. The first-order chi connectivity index (χ1) is 10.8. The fourth-order valence-corrected chi connectivity index (χ4v) is 2.46. The van der Waals surface area contributed by atoms with Crippen molar-refractivity contribution in [2.24, 2.45) is 14.1 Å². The minimum atomic E-state index is -0.485. The predicted octanol–water partition coefficient (Wildman–Crippen LogP) is 0.447. The van der Waals surface area contributed by atoms with Gasteiger partial charge in [-0.05, 0) is 24.6 Å². The molecule has 0 bridgehead atoms. The van der Waals surface area contributed by atoms with Crippen molar-refractivity contribution in [1.82, 2.24) is 19.1 Å². The van der Waals surface area contributed by atoms with E-state index in [1.54, 1.807) is 12.1 Å². The monoisotopic (exact) mass is 313 g/mol. The van der Waals surface area contributed by atoms with Crippen molar-refractivity contribution in [2.45, 2.75) is 13.8 Å². The summed E-state index contributed by atoms with van der Waals surface area (Å²) in [5, 5.41) is 2.72. The summed E-state index contributed by atoms with van der Waals surface area (Å²) < 4.78 is 2.28. The third-order valence-electron chi connectivity index (χ3n) is 3.70. The van der Waals surface area contributed by atoms with Crippen LogP contribution in [0, 0.1) is 6.92 Å². The Balaban J connectivity index is 2.43. The molecular weight excluding hydrogens is 298 g/mol. The van der Waals surface area contributed by atoms with Crippen LogP contribution < -0.4 is 16.6 Å². The van der Waals surface area contributed by atoms with E-state index in [0.717, 1.165) is 10.1 Å². The molecule has 3 aromatic rings. The molecule has 0 saturated heterocycles. The second-order valence-electron chi connectivity index (χ2n) is 5.44. The molecule has 1 aromatic carbocycles. The molecule has 0 atom stereocenters. The van der Waals surface area contributed by atoms with Gasteiger partial charge in [0.25, 0.3) is 5.56 Å². The zero-order valence-electron chi connectivity index (χ0n) is 13.2. The Hall–Kier alpha value is -3.03. The molecule has 8 nitrogen and oxygen atoms in total. The third-order valence-corrected chi connectivity index (χ3v) is 3.70. The highest BCUT2D eigenvalue weighted by molar-refractivity contribution is 5.94. The van der Waals surface area contributed by atoms with Gasteiger partial charge in [-0.15, -0.1) is 0 Å². The average Bonchev–Trinajstić information content (AvgIpc) is 2.50. The van der Waals surface area contributed by atoms with Crippen LogP contribution in [0.25, 0.3) is 22.2 Å². The number of nitrogens with one attached hydrogen (secondary N) is 1. The van der Waals surface area contributed by atoms with Gasteiger partial charge in [-0.1, -0.05) is 0 Å². The Morgan fingerprint density at radius 2 is 1.74 bits per heavy atom. The van der Waals surface area contributed by atoms with Gasteiger partial charge in [0.1, 0.15) is 0 Å². The molecule has 1 N–H and O–H groups in total. The fourth-order valence-electron chi connectivity index (χ4n) is 2.46. The summed E-state index contributed by atoms with van der Waals surface area (Å²) in [7, 11) is 2.94. The van der Waals surface area contributed by atoms with Crippen molar-refractivity contribution in [1.29, 1.82) is 0 Å².